The van der Waals surface area contributed by atoms with Crippen molar-refractivity contribution < 1.29 is 22.7 Å². The highest BCUT2D eigenvalue weighted by atomic mass is 32.2. The van der Waals surface area contributed by atoms with Crippen LogP contribution in [0.4, 0.5) is 0 Å². The maximum atomic E-state index is 12.7. The number of methoxy groups -OCH3 is 1. The van der Waals surface area contributed by atoms with E-state index in [1.165, 1.54) is 25.3 Å². The maximum Gasteiger partial charge on any atom is 0.337 e. The topological polar surface area (TPSA) is 93.5 Å². The van der Waals surface area contributed by atoms with Crippen LogP contribution in [0.5, 0.6) is 5.75 Å². The van der Waals surface area contributed by atoms with Crippen molar-refractivity contribution in [3.63, 3.8) is 0 Å². The molecule has 3 aromatic rings. The third-order valence-electron chi connectivity index (χ3n) is 4.69. The molecule has 0 heterocycles. The number of rotatable bonds is 7. The smallest absolute Gasteiger partial charge is 0.337 e. The van der Waals surface area contributed by atoms with Crippen molar-refractivity contribution in [2.45, 2.75) is 18.4 Å². The number of nitrogens with zero attached hydrogens (tertiary/aromatic N) is 1. The van der Waals surface area contributed by atoms with Gasteiger partial charge in [-0.25, -0.2) is 13.2 Å². The minimum atomic E-state index is -3.90. The minimum Gasteiger partial charge on any atom is -0.489 e. The van der Waals surface area contributed by atoms with E-state index in [9.17, 15) is 18.5 Å². The summed E-state index contributed by atoms with van der Waals surface area (Å²) in [5, 5.41) is 9.42. The molecule has 6 nitrogen and oxygen atoms in total. The zero-order valence-electron chi connectivity index (χ0n) is 17.6. The van der Waals surface area contributed by atoms with Crippen LogP contribution < -0.4 is 4.74 Å². The summed E-state index contributed by atoms with van der Waals surface area (Å²) in [5.41, 5.74) is 2.83. The van der Waals surface area contributed by atoms with E-state index in [0.717, 1.165) is 11.1 Å². The van der Waals surface area contributed by atoms with Gasteiger partial charge >= 0.3 is 5.97 Å². The predicted molar refractivity (Wildman–Crippen MR) is 121 cm³/mol. The molecule has 0 saturated heterocycles. The van der Waals surface area contributed by atoms with Crippen molar-refractivity contribution in [2.24, 2.45) is 0 Å². The summed E-state index contributed by atoms with van der Waals surface area (Å²) in [5.74, 6) is 0.182. The molecule has 0 bridgehead atoms. The van der Waals surface area contributed by atoms with E-state index >= 15 is 0 Å². The van der Waals surface area contributed by atoms with Gasteiger partial charge in [0, 0.05) is 0 Å². The van der Waals surface area contributed by atoms with E-state index in [2.05, 4.69) is 4.74 Å². The number of benzene rings is 3. The molecule has 3 rings (SSSR count). The Bertz CT molecular complexity index is 1270. The quantitative estimate of drug-likeness (QED) is 0.385. The molecule has 0 aliphatic heterocycles. The highest BCUT2D eigenvalue weighted by Gasteiger charge is 2.20. The summed E-state index contributed by atoms with van der Waals surface area (Å²) < 4.78 is 35.9. The van der Waals surface area contributed by atoms with Gasteiger partial charge in [-0.05, 0) is 60.5 Å². The highest BCUT2D eigenvalue weighted by Crippen LogP contribution is 2.23. The van der Waals surface area contributed by atoms with Gasteiger partial charge in [0.25, 0.3) is 0 Å². The van der Waals surface area contributed by atoms with Crippen molar-refractivity contribution in [3.05, 3.63) is 100.0 Å². The van der Waals surface area contributed by atoms with Gasteiger partial charge in [-0.2, -0.15) is 5.26 Å². The number of carbonyl (C=O) groups is 1. The monoisotopic (exact) mass is 447 g/mol. The largest absolute Gasteiger partial charge is 0.489 e. The first-order chi connectivity index (χ1) is 15.3. The second-order valence-corrected chi connectivity index (χ2v) is 8.90. The molecule has 0 radical (unpaired) electrons. The number of nitriles is 1. The van der Waals surface area contributed by atoms with Crippen LogP contribution in [-0.2, 0) is 21.2 Å². The van der Waals surface area contributed by atoms with Crippen LogP contribution in [-0.4, -0.2) is 21.5 Å². The molecule has 0 aliphatic carbocycles. The van der Waals surface area contributed by atoms with Crippen LogP contribution in [0, 0.1) is 18.3 Å². The molecular formula is C25H21NO5S. The van der Waals surface area contributed by atoms with Crippen molar-refractivity contribution in [1.29, 1.82) is 5.26 Å². The average molecular weight is 448 g/mol. The van der Waals surface area contributed by atoms with Crippen LogP contribution in [0.3, 0.4) is 0 Å². The standard InChI is InChI=1S/C25H21NO5S/c1-18-3-13-23(14-4-18)32(28,29)24(16-26)15-19-7-11-22(12-8-19)31-17-20-5-9-21(10-6-20)25(27)30-2/h3-15H,17H2,1-2H3/b24-15+. The number of carbonyl (C=O) groups excluding carboxylic acids is 1. The Hall–Kier alpha value is -3.89. The molecule has 0 amide bonds. The fourth-order valence-corrected chi connectivity index (χ4v) is 4.01. The minimum absolute atomic E-state index is 0.0778. The third-order valence-corrected chi connectivity index (χ3v) is 6.37. The van der Waals surface area contributed by atoms with E-state index < -0.39 is 15.8 Å². The van der Waals surface area contributed by atoms with Crippen molar-refractivity contribution in [1.82, 2.24) is 0 Å². The number of esters is 1. The van der Waals surface area contributed by atoms with Gasteiger partial charge < -0.3 is 9.47 Å². The Labute approximate surface area is 187 Å². The van der Waals surface area contributed by atoms with E-state index in [-0.39, 0.29) is 9.80 Å². The fraction of sp³-hybridized carbons (Fsp3) is 0.120. The Morgan fingerprint density at radius 1 is 0.969 bits per heavy atom. The summed E-state index contributed by atoms with van der Waals surface area (Å²) in [6, 6.07) is 21.8. The first-order valence-corrected chi connectivity index (χ1v) is 11.2. The Morgan fingerprint density at radius 2 is 1.59 bits per heavy atom. The van der Waals surface area contributed by atoms with E-state index in [1.54, 1.807) is 66.7 Å². The zero-order valence-corrected chi connectivity index (χ0v) is 18.4. The number of sulfone groups is 1. The molecular weight excluding hydrogens is 426 g/mol. The molecule has 0 atom stereocenters. The molecule has 0 aromatic heterocycles. The number of allylic oxidation sites excluding steroid dienone is 1. The van der Waals surface area contributed by atoms with Crippen molar-refractivity contribution in [3.8, 4) is 11.8 Å². The molecule has 7 heteroatoms. The fourth-order valence-electron chi connectivity index (χ4n) is 2.85. The lowest BCUT2D eigenvalue weighted by atomic mass is 10.1. The summed E-state index contributed by atoms with van der Waals surface area (Å²) >= 11 is 0. The van der Waals surface area contributed by atoms with Gasteiger partial charge in [0.2, 0.25) is 9.84 Å². The molecule has 162 valence electrons. The molecule has 0 saturated carbocycles. The summed E-state index contributed by atoms with van der Waals surface area (Å²) in [6.07, 6.45) is 1.34. The van der Waals surface area contributed by atoms with Crippen LogP contribution in [0.2, 0.25) is 0 Å². The molecule has 0 N–H and O–H groups in total. The summed E-state index contributed by atoms with van der Waals surface area (Å²) in [7, 11) is -2.57. The third kappa shape index (κ3) is 5.42. The normalized spacial score (nSPS) is 11.5. The zero-order chi connectivity index (χ0) is 23.1. The second-order valence-electron chi connectivity index (χ2n) is 6.98. The lowest BCUT2D eigenvalue weighted by Crippen LogP contribution is -2.03. The van der Waals surface area contributed by atoms with Gasteiger partial charge in [-0.1, -0.05) is 42.0 Å². The van der Waals surface area contributed by atoms with Gasteiger partial charge in [0.1, 0.15) is 23.3 Å². The van der Waals surface area contributed by atoms with Gasteiger partial charge in [0.15, 0.2) is 0 Å². The molecule has 0 unspecified atom stereocenters. The van der Waals surface area contributed by atoms with Crippen LogP contribution in [0.1, 0.15) is 27.0 Å². The van der Waals surface area contributed by atoms with E-state index in [0.29, 0.717) is 23.5 Å². The van der Waals surface area contributed by atoms with E-state index in [1.807, 2.05) is 6.92 Å². The Morgan fingerprint density at radius 3 is 2.16 bits per heavy atom. The number of hydrogen-bond donors (Lipinski definition) is 0. The number of hydrogen-bond acceptors (Lipinski definition) is 6. The average Bonchev–Trinajstić information content (AvgIpc) is 2.82. The van der Waals surface area contributed by atoms with Crippen molar-refractivity contribution >= 4 is 21.9 Å². The number of aryl methyl sites for hydroxylation is 1. The van der Waals surface area contributed by atoms with Crippen molar-refractivity contribution in [2.75, 3.05) is 7.11 Å². The molecule has 3 aromatic carbocycles. The van der Waals surface area contributed by atoms with E-state index in [4.69, 9.17) is 4.74 Å². The molecule has 0 aliphatic rings. The van der Waals surface area contributed by atoms with Gasteiger partial charge in [-0.3, -0.25) is 0 Å². The Kier molecular flexibility index (Phi) is 7.08. The van der Waals surface area contributed by atoms with Gasteiger partial charge in [-0.15, -0.1) is 0 Å². The SMILES string of the molecule is COC(=O)c1ccc(COc2ccc(/C=C(\C#N)S(=O)(=O)c3ccc(C)cc3)cc2)cc1. The second kappa shape index (κ2) is 9.94. The molecule has 0 fully saturated rings. The molecule has 32 heavy (non-hydrogen) atoms. The maximum absolute atomic E-state index is 12.7. The summed E-state index contributed by atoms with van der Waals surface area (Å²) in [6.45, 7) is 2.15. The lowest BCUT2D eigenvalue weighted by Gasteiger charge is -2.08. The van der Waals surface area contributed by atoms with Gasteiger partial charge in [0.05, 0.1) is 17.6 Å². The number of ether oxygens (including phenoxy) is 2. The first kappa shape index (κ1) is 22.8. The first-order valence-electron chi connectivity index (χ1n) is 9.67. The van der Waals surface area contributed by atoms with Crippen LogP contribution in [0.15, 0.2) is 82.6 Å². The Balaban J connectivity index is 1.70. The lowest BCUT2D eigenvalue weighted by molar-refractivity contribution is 0.0600. The molecule has 0 spiro atoms. The highest BCUT2D eigenvalue weighted by molar-refractivity contribution is 7.95. The van der Waals surface area contributed by atoms with Crippen LogP contribution >= 0.6 is 0 Å². The van der Waals surface area contributed by atoms with Crippen LogP contribution in [0.25, 0.3) is 6.08 Å². The predicted octanol–water partition coefficient (Wildman–Crippen LogP) is 4.70. The summed E-state index contributed by atoms with van der Waals surface area (Å²) in [4.78, 5) is 11.2.